The molecule has 0 saturated heterocycles. The molecule has 2 aromatic rings. The van der Waals surface area contributed by atoms with Crippen molar-refractivity contribution in [3.8, 4) is 0 Å². The largest absolute Gasteiger partial charge is 0.480 e. The van der Waals surface area contributed by atoms with Crippen molar-refractivity contribution in [1.82, 2.24) is 20.2 Å². The van der Waals surface area contributed by atoms with Crippen LogP contribution in [0.2, 0.25) is 0 Å². The molecule has 6 nitrogen and oxygen atoms in total. The van der Waals surface area contributed by atoms with E-state index in [2.05, 4.69) is 15.5 Å². The third kappa shape index (κ3) is 3.25. The van der Waals surface area contributed by atoms with Crippen LogP contribution in [0, 0.1) is 11.6 Å². The topological polar surface area (TPSA) is 80.9 Å². The Hall–Kier alpha value is -2.03. The van der Waals surface area contributed by atoms with Crippen molar-refractivity contribution in [3.05, 3.63) is 35.4 Å². The summed E-state index contributed by atoms with van der Waals surface area (Å²) >= 11 is 0.961. The fourth-order valence-electron chi connectivity index (χ4n) is 1.33. The maximum atomic E-state index is 13.4. The van der Waals surface area contributed by atoms with Gasteiger partial charge in [0, 0.05) is 11.3 Å². The minimum absolute atomic E-state index is 0.0293. The highest BCUT2D eigenvalue weighted by Crippen LogP contribution is 2.23. The zero-order chi connectivity index (χ0) is 13.8. The number of benzene rings is 1. The number of halogens is 2. The van der Waals surface area contributed by atoms with E-state index in [1.807, 2.05) is 0 Å². The Bertz CT molecular complexity index is 585. The van der Waals surface area contributed by atoms with E-state index in [4.69, 9.17) is 5.11 Å². The van der Waals surface area contributed by atoms with E-state index in [9.17, 15) is 13.6 Å². The molecule has 0 atom stereocenters. The van der Waals surface area contributed by atoms with Crippen molar-refractivity contribution in [1.29, 1.82) is 0 Å². The number of rotatable bonds is 5. The highest BCUT2D eigenvalue weighted by atomic mass is 32.2. The molecule has 0 saturated carbocycles. The van der Waals surface area contributed by atoms with Gasteiger partial charge in [-0.15, -0.1) is 5.10 Å². The Morgan fingerprint density at radius 2 is 2.05 bits per heavy atom. The van der Waals surface area contributed by atoms with Gasteiger partial charge in [0.05, 0.1) is 0 Å². The second-order valence-electron chi connectivity index (χ2n) is 3.50. The first kappa shape index (κ1) is 13.4. The molecule has 0 aliphatic carbocycles. The smallest absolute Gasteiger partial charge is 0.325 e. The average Bonchev–Trinajstić information content (AvgIpc) is 2.75. The van der Waals surface area contributed by atoms with Gasteiger partial charge in [-0.05, 0) is 22.6 Å². The number of hydrogen-bond donors (Lipinski definition) is 1. The molecule has 2 rings (SSSR count). The molecular formula is C10H8F2N4O2S. The van der Waals surface area contributed by atoms with E-state index in [0.29, 0.717) is 0 Å². The molecule has 9 heteroatoms. The molecule has 0 unspecified atom stereocenters. The number of aromatic nitrogens is 4. The highest BCUT2D eigenvalue weighted by Gasteiger charge is 2.13. The van der Waals surface area contributed by atoms with Gasteiger partial charge in [-0.3, -0.25) is 4.79 Å². The summed E-state index contributed by atoms with van der Waals surface area (Å²) in [6, 6.07) is 3.58. The summed E-state index contributed by atoms with van der Waals surface area (Å²) in [5.41, 5.74) is -0.0997. The van der Waals surface area contributed by atoms with Gasteiger partial charge in [0.2, 0.25) is 5.16 Å². The van der Waals surface area contributed by atoms with Gasteiger partial charge in [0.15, 0.2) is 0 Å². The van der Waals surface area contributed by atoms with E-state index in [1.54, 1.807) is 0 Å². The number of tetrazole rings is 1. The Balaban J connectivity index is 2.11. The predicted molar refractivity (Wildman–Crippen MR) is 61.4 cm³/mol. The Morgan fingerprint density at radius 1 is 1.37 bits per heavy atom. The van der Waals surface area contributed by atoms with Crippen LogP contribution in [0.5, 0.6) is 0 Å². The standard InChI is InChI=1S/C10H8F2N4O2S/c11-7-2-1-3-8(12)6(7)5-19-10-13-14-15-16(10)4-9(17)18/h1-3H,4-5H2,(H,17,18). The lowest BCUT2D eigenvalue weighted by atomic mass is 10.2. The molecule has 0 aliphatic rings. The number of thioether (sulfide) groups is 1. The first-order valence-electron chi connectivity index (χ1n) is 5.11. The maximum absolute atomic E-state index is 13.4. The lowest BCUT2D eigenvalue weighted by Crippen LogP contribution is -2.11. The monoisotopic (exact) mass is 286 g/mol. The van der Waals surface area contributed by atoms with Crippen LogP contribution >= 0.6 is 11.8 Å². The fraction of sp³-hybridized carbons (Fsp3) is 0.200. The number of nitrogens with zero attached hydrogens (tertiary/aromatic N) is 4. The van der Waals surface area contributed by atoms with Crippen LogP contribution in [0.3, 0.4) is 0 Å². The molecule has 0 fully saturated rings. The third-order valence-corrected chi connectivity index (χ3v) is 3.17. The second-order valence-corrected chi connectivity index (χ2v) is 4.44. The van der Waals surface area contributed by atoms with Crippen molar-refractivity contribution in [2.24, 2.45) is 0 Å². The van der Waals surface area contributed by atoms with Crippen molar-refractivity contribution < 1.29 is 18.7 Å². The molecule has 0 radical (unpaired) electrons. The minimum atomic E-state index is -1.11. The number of aliphatic carboxylic acids is 1. The number of carboxylic acids is 1. The number of carboxylic acid groups (broad SMARTS) is 1. The molecule has 0 spiro atoms. The Labute approximate surface area is 110 Å². The van der Waals surface area contributed by atoms with Crippen LogP contribution in [-0.4, -0.2) is 31.3 Å². The van der Waals surface area contributed by atoms with Crippen molar-refractivity contribution in [2.45, 2.75) is 17.5 Å². The Morgan fingerprint density at radius 3 is 2.68 bits per heavy atom. The lowest BCUT2D eigenvalue weighted by Gasteiger charge is -2.04. The molecule has 19 heavy (non-hydrogen) atoms. The van der Waals surface area contributed by atoms with E-state index in [0.717, 1.165) is 28.6 Å². The van der Waals surface area contributed by atoms with Crippen molar-refractivity contribution in [3.63, 3.8) is 0 Å². The third-order valence-electron chi connectivity index (χ3n) is 2.19. The lowest BCUT2D eigenvalue weighted by molar-refractivity contribution is -0.138. The van der Waals surface area contributed by atoms with Crippen molar-refractivity contribution in [2.75, 3.05) is 0 Å². The normalized spacial score (nSPS) is 10.6. The van der Waals surface area contributed by atoms with Gasteiger partial charge < -0.3 is 5.11 Å². The molecule has 1 aromatic carbocycles. The summed E-state index contributed by atoms with van der Waals surface area (Å²) in [7, 11) is 0. The Kier molecular flexibility index (Phi) is 4.05. The molecule has 1 aromatic heterocycles. The van der Waals surface area contributed by atoms with Crippen molar-refractivity contribution >= 4 is 17.7 Å². The van der Waals surface area contributed by atoms with E-state index < -0.39 is 24.1 Å². The molecule has 0 bridgehead atoms. The van der Waals surface area contributed by atoms with Gasteiger partial charge in [-0.25, -0.2) is 13.5 Å². The number of hydrogen-bond acceptors (Lipinski definition) is 5. The first-order valence-corrected chi connectivity index (χ1v) is 6.10. The average molecular weight is 286 g/mol. The SMILES string of the molecule is O=C(O)Cn1nnnc1SCc1c(F)cccc1F. The fourth-order valence-corrected chi connectivity index (χ4v) is 2.23. The molecule has 0 amide bonds. The van der Waals surface area contributed by atoms with Crippen LogP contribution < -0.4 is 0 Å². The summed E-state index contributed by atoms with van der Waals surface area (Å²) in [5.74, 6) is -2.46. The van der Waals surface area contributed by atoms with Gasteiger partial charge in [0.25, 0.3) is 0 Å². The molecule has 1 heterocycles. The predicted octanol–water partition coefficient (Wildman–Crippen LogP) is 1.33. The summed E-state index contributed by atoms with van der Waals surface area (Å²) in [6.45, 7) is -0.408. The highest BCUT2D eigenvalue weighted by molar-refractivity contribution is 7.98. The van der Waals surface area contributed by atoms with Gasteiger partial charge in [-0.1, -0.05) is 17.8 Å². The van der Waals surface area contributed by atoms with Crippen LogP contribution in [0.1, 0.15) is 5.56 Å². The van der Waals surface area contributed by atoms with E-state index >= 15 is 0 Å². The zero-order valence-electron chi connectivity index (χ0n) is 9.45. The van der Waals surface area contributed by atoms with E-state index in [1.165, 1.54) is 6.07 Å². The van der Waals surface area contributed by atoms with E-state index in [-0.39, 0.29) is 16.5 Å². The summed E-state index contributed by atoms with van der Waals surface area (Å²) in [4.78, 5) is 10.6. The summed E-state index contributed by atoms with van der Waals surface area (Å²) in [5, 5.41) is 19.2. The molecule has 1 N–H and O–H groups in total. The second kappa shape index (κ2) is 5.74. The molecular weight excluding hydrogens is 278 g/mol. The van der Waals surface area contributed by atoms with Crippen LogP contribution in [0.15, 0.2) is 23.4 Å². The molecule has 0 aliphatic heterocycles. The van der Waals surface area contributed by atoms with Crippen LogP contribution in [0.25, 0.3) is 0 Å². The maximum Gasteiger partial charge on any atom is 0.325 e. The zero-order valence-corrected chi connectivity index (χ0v) is 10.3. The summed E-state index contributed by atoms with van der Waals surface area (Å²) < 4.78 is 27.8. The van der Waals surface area contributed by atoms with Crippen LogP contribution in [0.4, 0.5) is 8.78 Å². The van der Waals surface area contributed by atoms with Gasteiger partial charge in [-0.2, -0.15) is 0 Å². The minimum Gasteiger partial charge on any atom is -0.480 e. The first-order chi connectivity index (χ1) is 9.08. The molecule has 100 valence electrons. The summed E-state index contributed by atoms with van der Waals surface area (Å²) in [6.07, 6.45) is 0. The van der Waals surface area contributed by atoms with Gasteiger partial charge >= 0.3 is 5.97 Å². The van der Waals surface area contributed by atoms with Crippen LogP contribution in [-0.2, 0) is 17.1 Å². The number of carbonyl (C=O) groups is 1. The van der Waals surface area contributed by atoms with Gasteiger partial charge in [0.1, 0.15) is 18.2 Å². The quantitative estimate of drug-likeness (QED) is 0.835.